The van der Waals surface area contributed by atoms with Gasteiger partial charge in [0.1, 0.15) is 11.6 Å². The zero-order valence-electron chi connectivity index (χ0n) is 15.0. The van der Waals surface area contributed by atoms with Crippen LogP contribution in [0.3, 0.4) is 0 Å². The van der Waals surface area contributed by atoms with E-state index >= 15 is 0 Å². The fourth-order valence-corrected chi connectivity index (χ4v) is 5.03. The average molecular weight is 339 g/mol. The van der Waals surface area contributed by atoms with Gasteiger partial charge in [0, 0.05) is 18.5 Å². The highest BCUT2D eigenvalue weighted by Gasteiger charge is 2.44. The molecule has 1 fully saturated rings. The van der Waals surface area contributed by atoms with Gasteiger partial charge < -0.3 is 4.74 Å². The lowest BCUT2D eigenvalue weighted by atomic mass is 9.73. The quantitative estimate of drug-likeness (QED) is 0.817. The van der Waals surface area contributed by atoms with Crippen LogP contribution >= 0.6 is 0 Å². The van der Waals surface area contributed by atoms with E-state index in [0.717, 1.165) is 37.2 Å². The summed E-state index contributed by atoms with van der Waals surface area (Å²) in [6, 6.07) is 14.1. The minimum atomic E-state index is -0.131. The topological polar surface area (TPSA) is 12.5 Å². The van der Waals surface area contributed by atoms with E-state index < -0.39 is 0 Å². The second-order valence-corrected chi connectivity index (χ2v) is 7.33. The molecule has 2 nitrogen and oxygen atoms in total. The van der Waals surface area contributed by atoms with Gasteiger partial charge in [0.25, 0.3) is 0 Å². The first-order valence-electron chi connectivity index (χ1n) is 9.35. The van der Waals surface area contributed by atoms with Gasteiger partial charge in [-0.05, 0) is 66.6 Å². The molecule has 0 radical (unpaired) electrons. The molecule has 132 valence electrons. The van der Waals surface area contributed by atoms with Gasteiger partial charge in [-0.1, -0.05) is 31.2 Å². The zero-order chi connectivity index (χ0) is 17.4. The zero-order valence-corrected chi connectivity index (χ0v) is 15.0. The van der Waals surface area contributed by atoms with Gasteiger partial charge in [-0.2, -0.15) is 0 Å². The van der Waals surface area contributed by atoms with Crippen LogP contribution in [0.5, 0.6) is 5.75 Å². The van der Waals surface area contributed by atoms with E-state index in [1.54, 1.807) is 13.2 Å². The van der Waals surface area contributed by atoms with E-state index in [1.165, 1.54) is 23.6 Å². The lowest BCUT2D eigenvalue weighted by Crippen LogP contribution is -2.35. The smallest absolute Gasteiger partial charge is 0.123 e. The number of hydrogen-bond acceptors (Lipinski definition) is 2. The lowest BCUT2D eigenvalue weighted by molar-refractivity contribution is 0.227. The first-order valence-corrected chi connectivity index (χ1v) is 9.35. The van der Waals surface area contributed by atoms with Gasteiger partial charge in [0.05, 0.1) is 7.11 Å². The molecule has 0 amide bonds. The molecular weight excluding hydrogens is 313 g/mol. The minimum absolute atomic E-state index is 0.131. The van der Waals surface area contributed by atoms with Crippen LogP contribution in [0.2, 0.25) is 0 Å². The monoisotopic (exact) mass is 339 g/mol. The summed E-state index contributed by atoms with van der Waals surface area (Å²) in [6.07, 6.45) is 3.21. The molecule has 25 heavy (non-hydrogen) atoms. The van der Waals surface area contributed by atoms with E-state index in [0.29, 0.717) is 17.9 Å². The van der Waals surface area contributed by atoms with Crippen molar-refractivity contribution in [1.29, 1.82) is 0 Å². The molecule has 1 aliphatic heterocycles. The molecule has 2 aromatic rings. The van der Waals surface area contributed by atoms with Gasteiger partial charge in [-0.25, -0.2) is 4.39 Å². The van der Waals surface area contributed by atoms with Gasteiger partial charge in [0.2, 0.25) is 0 Å². The van der Waals surface area contributed by atoms with Gasteiger partial charge in [-0.15, -0.1) is 0 Å². The van der Waals surface area contributed by atoms with E-state index in [9.17, 15) is 4.39 Å². The Balaban J connectivity index is 1.64. The number of methoxy groups -OCH3 is 1. The average Bonchev–Trinajstić information content (AvgIpc) is 2.99. The summed E-state index contributed by atoms with van der Waals surface area (Å²) in [7, 11) is 1.77. The van der Waals surface area contributed by atoms with Gasteiger partial charge in [-0.3, -0.25) is 4.90 Å². The second kappa shape index (κ2) is 6.80. The number of likely N-dealkylation sites (N-methyl/N-ethyl adjacent to an activating group) is 1. The molecule has 1 aliphatic carbocycles. The highest BCUT2D eigenvalue weighted by atomic mass is 19.1. The molecule has 1 saturated heterocycles. The van der Waals surface area contributed by atoms with Crippen molar-refractivity contribution < 1.29 is 9.13 Å². The maximum Gasteiger partial charge on any atom is 0.123 e. The first-order chi connectivity index (χ1) is 12.2. The Morgan fingerprint density at radius 2 is 2.04 bits per heavy atom. The molecule has 0 saturated carbocycles. The summed E-state index contributed by atoms with van der Waals surface area (Å²) in [4.78, 5) is 2.59. The number of ether oxygens (including phenoxy) is 1. The highest BCUT2D eigenvalue weighted by molar-refractivity contribution is 5.45. The molecule has 2 aromatic carbocycles. The molecule has 2 aliphatic rings. The van der Waals surface area contributed by atoms with E-state index in [-0.39, 0.29) is 5.82 Å². The fourth-order valence-electron chi connectivity index (χ4n) is 5.03. The van der Waals surface area contributed by atoms with Crippen molar-refractivity contribution in [3.05, 3.63) is 65.0 Å². The number of rotatable bonds is 4. The van der Waals surface area contributed by atoms with Crippen molar-refractivity contribution in [2.24, 2.45) is 5.92 Å². The van der Waals surface area contributed by atoms with Crippen LogP contribution in [-0.2, 0) is 12.8 Å². The first kappa shape index (κ1) is 16.6. The molecule has 0 aromatic heterocycles. The normalized spacial score (nSPS) is 25.5. The maximum atomic E-state index is 13.6. The molecule has 4 rings (SSSR count). The number of hydrogen-bond donors (Lipinski definition) is 0. The number of nitrogens with zero attached hydrogens (tertiary/aromatic N) is 1. The number of halogens is 1. The Morgan fingerprint density at radius 1 is 1.20 bits per heavy atom. The Bertz CT molecular complexity index is 759. The van der Waals surface area contributed by atoms with Crippen LogP contribution in [0.1, 0.15) is 36.0 Å². The predicted octanol–water partition coefficient (Wildman–Crippen LogP) is 4.43. The second-order valence-electron chi connectivity index (χ2n) is 7.33. The van der Waals surface area contributed by atoms with Crippen molar-refractivity contribution in [3.8, 4) is 5.75 Å². The SMILES string of the molecule is CCN1C[C@@H]2c3cccc(OC)c3CCC2[C@H]1Cc1cccc(F)c1. The van der Waals surface area contributed by atoms with E-state index in [4.69, 9.17) is 4.74 Å². The Morgan fingerprint density at radius 3 is 2.80 bits per heavy atom. The summed E-state index contributed by atoms with van der Waals surface area (Å²) in [5, 5.41) is 0. The van der Waals surface area contributed by atoms with Crippen LogP contribution < -0.4 is 4.74 Å². The van der Waals surface area contributed by atoms with E-state index in [1.807, 2.05) is 6.07 Å². The van der Waals surface area contributed by atoms with Crippen molar-refractivity contribution in [1.82, 2.24) is 4.90 Å². The van der Waals surface area contributed by atoms with Crippen LogP contribution in [0.15, 0.2) is 42.5 Å². The summed E-state index contributed by atoms with van der Waals surface area (Å²) in [6.45, 7) is 4.38. The number of fused-ring (bicyclic) bond motifs is 3. The Hall–Kier alpha value is -1.87. The third-order valence-corrected chi connectivity index (χ3v) is 6.17. The molecule has 3 heteroatoms. The molecule has 0 bridgehead atoms. The Labute approximate surface area is 149 Å². The molecule has 3 atom stereocenters. The molecule has 1 unspecified atom stereocenters. The third kappa shape index (κ3) is 2.95. The Kier molecular flexibility index (Phi) is 4.51. The molecule has 0 N–H and O–H groups in total. The van der Waals surface area contributed by atoms with Crippen molar-refractivity contribution in [2.75, 3.05) is 20.2 Å². The largest absolute Gasteiger partial charge is 0.496 e. The third-order valence-electron chi connectivity index (χ3n) is 6.17. The summed E-state index contributed by atoms with van der Waals surface area (Å²) >= 11 is 0. The standard InChI is InChI=1S/C22H26FNO/c1-3-24-14-20-17-8-5-9-22(25-2)19(17)11-10-18(20)21(24)13-15-6-4-7-16(23)12-15/h4-9,12,18,20-21H,3,10-11,13-14H2,1-2H3/t18?,20-,21-/m1/s1. The van der Waals surface area contributed by atoms with Crippen LogP contribution in [0.25, 0.3) is 0 Å². The molecular formula is C22H26FNO. The van der Waals surface area contributed by atoms with Crippen molar-refractivity contribution in [2.45, 2.75) is 38.1 Å². The molecule has 0 spiro atoms. The van der Waals surface area contributed by atoms with Crippen molar-refractivity contribution in [3.63, 3.8) is 0 Å². The van der Waals surface area contributed by atoms with Gasteiger partial charge >= 0.3 is 0 Å². The lowest BCUT2D eigenvalue weighted by Gasteiger charge is -2.32. The molecule has 1 heterocycles. The van der Waals surface area contributed by atoms with Crippen molar-refractivity contribution >= 4 is 0 Å². The summed E-state index contributed by atoms with van der Waals surface area (Å²) < 4.78 is 19.2. The summed E-state index contributed by atoms with van der Waals surface area (Å²) in [5.74, 6) is 2.11. The van der Waals surface area contributed by atoms with Crippen LogP contribution in [0, 0.1) is 11.7 Å². The van der Waals surface area contributed by atoms with E-state index in [2.05, 4.69) is 36.1 Å². The minimum Gasteiger partial charge on any atom is -0.496 e. The number of benzene rings is 2. The maximum absolute atomic E-state index is 13.6. The van der Waals surface area contributed by atoms with Gasteiger partial charge in [0.15, 0.2) is 0 Å². The number of likely N-dealkylation sites (tertiary alicyclic amines) is 1. The van der Waals surface area contributed by atoms with Crippen LogP contribution in [0.4, 0.5) is 4.39 Å². The fraction of sp³-hybridized carbons (Fsp3) is 0.455. The van der Waals surface area contributed by atoms with Crippen LogP contribution in [-0.4, -0.2) is 31.1 Å². The predicted molar refractivity (Wildman–Crippen MR) is 98.7 cm³/mol. The highest BCUT2D eigenvalue weighted by Crippen LogP contribution is 2.47. The summed E-state index contributed by atoms with van der Waals surface area (Å²) in [5.41, 5.74) is 3.98.